The van der Waals surface area contributed by atoms with Crippen LogP contribution in [-0.2, 0) is 5.41 Å². The summed E-state index contributed by atoms with van der Waals surface area (Å²) in [7, 11) is 0. The molecular formula is C14H15FN2. The molecule has 0 aliphatic carbocycles. The van der Waals surface area contributed by atoms with Crippen LogP contribution in [0.3, 0.4) is 0 Å². The summed E-state index contributed by atoms with van der Waals surface area (Å²) in [4.78, 5) is 7.20. The number of nitrogens with zero attached hydrogens (tertiary/aromatic N) is 2. The molecule has 1 aromatic heterocycles. The Hall–Kier alpha value is -1.77. The van der Waals surface area contributed by atoms with Crippen LogP contribution < -0.4 is 0 Å². The van der Waals surface area contributed by atoms with Crippen molar-refractivity contribution in [3.63, 3.8) is 0 Å². The number of rotatable bonds is 1. The maximum absolute atomic E-state index is 12.9. The third kappa shape index (κ3) is 2.67. The Kier molecular flexibility index (Phi) is 2.92. The topological polar surface area (TPSA) is 25.8 Å². The van der Waals surface area contributed by atoms with E-state index in [1.165, 1.54) is 11.8 Å². The monoisotopic (exact) mass is 230 g/mol. The van der Waals surface area contributed by atoms with Crippen molar-refractivity contribution >= 4 is 0 Å². The Bertz CT molecular complexity index is 512. The van der Waals surface area contributed by atoms with E-state index in [1.54, 1.807) is 6.07 Å². The quantitative estimate of drug-likeness (QED) is 0.700. The first-order valence-corrected chi connectivity index (χ1v) is 5.56. The maximum Gasteiger partial charge on any atom is 0.309 e. The summed E-state index contributed by atoms with van der Waals surface area (Å²) < 4.78 is 12.9. The van der Waals surface area contributed by atoms with Crippen molar-refractivity contribution in [1.29, 1.82) is 0 Å². The van der Waals surface area contributed by atoms with Gasteiger partial charge in [0, 0.05) is 11.8 Å². The first kappa shape index (κ1) is 11.7. The van der Waals surface area contributed by atoms with Crippen LogP contribution >= 0.6 is 0 Å². The maximum atomic E-state index is 12.9. The zero-order valence-electron chi connectivity index (χ0n) is 10.2. The molecule has 0 bridgehead atoms. The van der Waals surface area contributed by atoms with Crippen LogP contribution in [-0.4, -0.2) is 9.97 Å². The van der Waals surface area contributed by atoms with Gasteiger partial charge in [-0.2, -0.15) is 4.39 Å². The molecule has 3 heteroatoms. The van der Waals surface area contributed by atoms with Gasteiger partial charge in [-0.25, -0.2) is 9.97 Å². The van der Waals surface area contributed by atoms with E-state index < -0.39 is 6.08 Å². The minimum Gasteiger partial charge on any atom is -0.211 e. The predicted octanol–water partition coefficient (Wildman–Crippen LogP) is 3.58. The lowest BCUT2D eigenvalue weighted by Crippen LogP contribution is -2.10. The highest BCUT2D eigenvalue weighted by Gasteiger charge is 2.13. The Morgan fingerprint density at radius 1 is 1.00 bits per heavy atom. The lowest BCUT2D eigenvalue weighted by molar-refractivity contribution is 0.540. The van der Waals surface area contributed by atoms with Crippen molar-refractivity contribution < 1.29 is 4.39 Å². The smallest absolute Gasteiger partial charge is 0.211 e. The summed E-state index contributed by atoms with van der Waals surface area (Å²) in [5.74, 6) is 0. The molecule has 0 amide bonds. The fourth-order valence-electron chi connectivity index (χ4n) is 1.64. The van der Waals surface area contributed by atoms with Crippen molar-refractivity contribution in [1.82, 2.24) is 9.97 Å². The van der Waals surface area contributed by atoms with E-state index in [-0.39, 0.29) is 5.41 Å². The summed E-state index contributed by atoms with van der Waals surface area (Å²) in [6.45, 7) is 6.48. The molecule has 17 heavy (non-hydrogen) atoms. The van der Waals surface area contributed by atoms with Crippen LogP contribution in [0.25, 0.3) is 11.3 Å². The summed E-state index contributed by atoms with van der Waals surface area (Å²) in [5, 5.41) is 0. The lowest BCUT2D eigenvalue weighted by atomic mass is 9.86. The second-order valence-corrected chi connectivity index (χ2v) is 5.04. The Labute approximate surface area is 101 Å². The minimum atomic E-state index is -0.692. The van der Waals surface area contributed by atoms with Crippen LogP contribution in [0.2, 0.25) is 0 Å². The molecule has 0 saturated heterocycles. The number of hydrogen-bond acceptors (Lipinski definition) is 2. The molecule has 2 nitrogen and oxygen atoms in total. The largest absolute Gasteiger partial charge is 0.309 e. The van der Waals surface area contributed by atoms with Crippen molar-refractivity contribution in [3.05, 3.63) is 48.2 Å². The normalized spacial score (nSPS) is 11.5. The third-order valence-electron chi connectivity index (χ3n) is 2.67. The lowest BCUT2D eigenvalue weighted by Gasteiger charge is -2.19. The van der Waals surface area contributed by atoms with Gasteiger partial charge in [0.1, 0.15) is 0 Å². The Morgan fingerprint density at radius 2 is 1.65 bits per heavy atom. The highest BCUT2D eigenvalue weighted by molar-refractivity contribution is 5.59. The molecule has 0 N–H and O–H groups in total. The van der Waals surface area contributed by atoms with E-state index in [1.807, 2.05) is 12.1 Å². The summed E-state index contributed by atoms with van der Waals surface area (Å²) in [6.07, 6.45) is 0.734. The van der Waals surface area contributed by atoms with Crippen molar-refractivity contribution in [3.8, 4) is 11.3 Å². The predicted molar refractivity (Wildman–Crippen MR) is 66.1 cm³/mol. The van der Waals surface area contributed by atoms with Crippen LogP contribution in [0.15, 0.2) is 36.5 Å². The molecule has 2 aromatic rings. The average molecular weight is 230 g/mol. The van der Waals surface area contributed by atoms with Crippen molar-refractivity contribution in [2.45, 2.75) is 26.2 Å². The van der Waals surface area contributed by atoms with Gasteiger partial charge in [0.25, 0.3) is 0 Å². The third-order valence-corrected chi connectivity index (χ3v) is 2.67. The number of hydrogen-bond donors (Lipinski definition) is 0. The van der Waals surface area contributed by atoms with E-state index >= 15 is 0 Å². The molecule has 0 fully saturated rings. The molecule has 2 rings (SSSR count). The van der Waals surface area contributed by atoms with Gasteiger partial charge in [0.15, 0.2) is 0 Å². The van der Waals surface area contributed by atoms with E-state index in [9.17, 15) is 4.39 Å². The SMILES string of the molecule is CC(C)(C)c1ccc(-c2ccnc(F)n2)cc1. The molecule has 0 spiro atoms. The molecule has 0 aliphatic heterocycles. The van der Waals surface area contributed by atoms with Gasteiger partial charge >= 0.3 is 6.08 Å². The van der Waals surface area contributed by atoms with Crippen LogP contribution in [0.5, 0.6) is 0 Å². The summed E-state index contributed by atoms with van der Waals surface area (Å²) >= 11 is 0. The van der Waals surface area contributed by atoms with Crippen molar-refractivity contribution in [2.24, 2.45) is 0 Å². The van der Waals surface area contributed by atoms with Crippen molar-refractivity contribution in [2.75, 3.05) is 0 Å². The summed E-state index contributed by atoms with van der Waals surface area (Å²) in [5.41, 5.74) is 2.88. The van der Waals surface area contributed by atoms with Gasteiger partial charge in [-0.15, -0.1) is 0 Å². The van der Waals surface area contributed by atoms with Gasteiger partial charge in [0.2, 0.25) is 0 Å². The molecule has 0 aliphatic rings. The minimum absolute atomic E-state index is 0.120. The molecule has 0 unspecified atom stereocenters. The van der Waals surface area contributed by atoms with E-state index in [0.29, 0.717) is 5.69 Å². The van der Waals surface area contributed by atoms with Gasteiger partial charge in [-0.3, -0.25) is 0 Å². The van der Waals surface area contributed by atoms with E-state index in [4.69, 9.17) is 0 Å². The van der Waals surface area contributed by atoms with Crippen LogP contribution in [0.4, 0.5) is 4.39 Å². The van der Waals surface area contributed by atoms with Crippen LogP contribution in [0.1, 0.15) is 26.3 Å². The molecule has 1 aromatic carbocycles. The summed E-state index contributed by atoms with van der Waals surface area (Å²) in [6, 6.07) is 9.73. The zero-order valence-corrected chi connectivity index (χ0v) is 10.2. The Morgan fingerprint density at radius 3 is 2.18 bits per heavy atom. The number of halogens is 1. The first-order chi connectivity index (χ1) is 7.97. The van der Waals surface area contributed by atoms with E-state index in [0.717, 1.165) is 5.56 Å². The van der Waals surface area contributed by atoms with Gasteiger partial charge in [-0.05, 0) is 17.0 Å². The van der Waals surface area contributed by atoms with E-state index in [2.05, 4.69) is 42.9 Å². The average Bonchev–Trinajstić information content (AvgIpc) is 2.28. The fourth-order valence-corrected chi connectivity index (χ4v) is 1.64. The molecule has 0 saturated carbocycles. The highest BCUT2D eigenvalue weighted by atomic mass is 19.1. The zero-order chi connectivity index (χ0) is 12.5. The Balaban J connectivity index is 2.36. The standard InChI is InChI=1S/C14H15FN2/c1-14(2,3)11-6-4-10(5-7-11)12-8-9-16-13(15)17-12/h4-9H,1-3H3. The molecule has 0 atom stereocenters. The highest BCUT2D eigenvalue weighted by Crippen LogP contribution is 2.25. The number of aromatic nitrogens is 2. The first-order valence-electron chi connectivity index (χ1n) is 5.56. The second kappa shape index (κ2) is 4.24. The van der Waals surface area contributed by atoms with Crippen LogP contribution in [0, 0.1) is 6.08 Å². The fraction of sp³-hybridized carbons (Fsp3) is 0.286. The molecule has 1 heterocycles. The second-order valence-electron chi connectivity index (χ2n) is 5.04. The van der Waals surface area contributed by atoms with Gasteiger partial charge in [-0.1, -0.05) is 45.0 Å². The molecule has 0 radical (unpaired) electrons. The number of benzene rings is 1. The van der Waals surface area contributed by atoms with Gasteiger partial charge in [0.05, 0.1) is 5.69 Å². The molecule has 88 valence electrons. The molecular weight excluding hydrogens is 215 g/mol. The van der Waals surface area contributed by atoms with Gasteiger partial charge < -0.3 is 0 Å².